The number of rotatable bonds is 7. The molecule has 2 unspecified atom stereocenters. The molecular weight excluding hydrogens is 174 g/mol. The lowest BCUT2D eigenvalue weighted by Crippen LogP contribution is -2.47. The third-order valence-electron chi connectivity index (χ3n) is 3.13. The summed E-state index contributed by atoms with van der Waals surface area (Å²) in [6.45, 7) is 8.85. The highest BCUT2D eigenvalue weighted by molar-refractivity contribution is 4.85. The van der Waals surface area contributed by atoms with Crippen LogP contribution in [0.3, 0.4) is 0 Å². The van der Waals surface area contributed by atoms with Gasteiger partial charge >= 0.3 is 0 Å². The Labute approximate surface area is 89.4 Å². The van der Waals surface area contributed by atoms with Crippen molar-refractivity contribution in [1.29, 1.82) is 0 Å². The molecule has 0 aromatic carbocycles. The van der Waals surface area contributed by atoms with E-state index in [0.717, 1.165) is 5.92 Å². The van der Waals surface area contributed by atoms with Crippen molar-refractivity contribution in [2.24, 2.45) is 5.92 Å². The highest BCUT2D eigenvalue weighted by Gasteiger charge is 2.28. The van der Waals surface area contributed by atoms with Crippen LogP contribution in [-0.4, -0.2) is 25.8 Å². The van der Waals surface area contributed by atoms with Gasteiger partial charge in [-0.1, -0.05) is 26.7 Å². The minimum atomic E-state index is -0.0727. The summed E-state index contributed by atoms with van der Waals surface area (Å²) < 4.78 is 5.51. The number of methoxy groups -OCH3 is 1. The second kappa shape index (κ2) is 6.41. The van der Waals surface area contributed by atoms with Gasteiger partial charge in [0.2, 0.25) is 0 Å². The zero-order valence-corrected chi connectivity index (χ0v) is 10.7. The van der Waals surface area contributed by atoms with Crippen molar-refractivity contribution in [3.8, 4) is 0 Å². The van der Waals surface area contributed by atoms with Crippen molar-refractivity contribution < 1.29 is 4.74 Å². The second-order valence-corrected chi connectivity index (χ2v) is 4.78. The van der Waals surface area contributed by atoms with Crippen LogP contribution in [0.4, 0.5) is 0 Å². The maximum Gasteiger partial charge on any atom is 0.0775 e. The van der Waals surface area contributed by atoms with Gasteiger partial charge in [0.1, 0.15) is 0 Å². The summed E-state index contributed by atoms with van der Waals surface area (Å²) in [4.78, 5) is 0. The zero-order chi connectivity index (χ0) is 11.2. The molecule has 2 atom stereocenters. The second-order valence-electron chi connectivity index (χ2n) is 4.78. The molecule has 0 fully saturated rings. The maximum atomic E-state index is 5.51. The van der Waals surface area contributed by atoms with Gasteiger partial charge in [-0.05, 0) is 33.2 Å². The van der Waals surface area contributed by atoms with E-state index in [1.54, 1.807) is 7.11 Å². The Kier molecular flexibility index (Phi) is 6.38. The van der Waals surface area contributed by atoms with Crippen molar-refractivity contribution in [1.82, 2.24) is 5.32 Å². The van der Waals surface area contributed by atoms with Gasteiger partial charge in [0, 0.05) is 13.2 Å². The van der Waals surface area contributed by atoms with E-state index in [0.29, 0.717) is 6.04 Å². The molecular formula is C12H27NO. The first-order valence-corrected chi connectivity index (χ1v) is 5.70. The highest BCUT2D eigenvalue weighted by Crippen LogP contribution is 2.22. The van der Waals surface area contributed by atoms with Crippen molar-refractivity contribution in [3.05, 3.63) is 0 Å². The van der Waals surface area contributed by atoms with Crippen molar-refractivity contribution in [2.45, 2.75) is 58.6 Å². The summed E-state index contributed by atoms with van der Waals surface area (Å²) in [6.07, 6.45) is 3.76. The lowest BCUT2D eigenvalue weighted by Gasteiger charge is -2.34. The largest absolute Gasteiger partial charge is 0.377 e. The van der Waals surface area contributed by atoms with E-state index < -0.39 is 0 Å². The maximum absolute atomic E-state index is 5.51. The fourth-order valence-electron chi connectivity index (χ4n) is 1.90. The predicted molar refractivity (Wildman–Crippen MR) is 62.6 cm³/mol. The van der Waals surface area contributed by atoms with Crippen LogP contribution in [0.15, 0.2) is 0 Å². The zero-order valence-electron chi connectivity index (χ0n) is 10.7. The average Bonchev–Trinajstić information content (AvgIpc) is 2.14. The van der Waals surface area contributed by atoms with Crippen LogP contribution in [0.25, 0.3) is 0 Å². The molecule has 0 aliphatic rings. The van der Waals surface area contributed by atoms with Gasteiger partial charge in [-0.3, -0.25) is 0 Å². The number of likely N-dealkylation sites (N-methyl/N-ethyl adjacent to an activating group) is 1. The van der Waals surface area contributed by atoms with E-state index in [1.807, 2.05) is 7.05 Å². The standard InChI is InChI=1S/C12H27NO/c1-7-8-10(2)9-11(13-5)12(3,4)14-6/h10-11,13H,7-9H2,1-6H3. The Bertz CT molecular complexity index is 145. The van der Waals surface area contributed by atoms with E-state index in [2.05, 4.69) is 33.0 Å². The summed E-state index contributed by atoms with van der Waals surface area (Å²) in [5, 5.41) is 3.36. The molecule has 0 saturated carbocycles. The number of nitrogens with one attached hydrogen (secondary N) is 1. The lowest BCUT2D eigenvalue weighted by atomic mass is 9.88. The molecule has 2 nitrogen and oxygen atoms in total. The summed E-state index contributed by atoms with van der Waals surface area (Å²) >= 11 is 0. The molecule has 0 aromatic rings. The topological polar surface area (TPSA) is 21.3 Å². The van der Waals surface area contributed by atoms with Crippen molar-refractivity contribution in [2.75, 3.05) is 14.2 Å². The van der Waals surface area contributed by atoms with Gasteiger partial charge in [-0.2, -0.15) is 0 Å². The lowest BCUT2D eigenvalue weighted by molar-refractivity contribution is -0.0144. The van der Waals surface area contributed by atoms with Gasteiger partial charge < -0.3 is 10.1 Å². The highest BCUT2D eigenvalue weighted by atomic mass is 16.5. The molecule has 0 aliphatic carbocycles. The first kappa shape index (κ1) is 13.9. The van der Waals surface area contributed by atoms with Gasteiger partial charge in [0.05, 0.1) is 5.60 Å². The molecule has 0 aromatic heterocycles. The van der Waals surface area contributed by atoms with Crippen LogP contribution in [0, 0.1) is 5.92 Å². The monoisotopic (exact) mass is 201 g/mol. The Morgan fingerprint density at radius 2 is 1.93 bits per heavy atom. The van der Waals surface area contributed by atoms with Gasteiger partial charge in [0.15, 0.2) is 0 Å². The van der Waals surface area contributed by atoms with Crippen LogP contribution in [-0.2, 0) is 4.74 Å². The van der Waals surface area contributed by atoms with E-state index in [4.69, 9.17) is 4.74 Å². The first-order valence-electron chi connectivity index (χ1n) is 5.70. The SMILES string of the molecule is CCCC(C)CC(NC)C(C)(C)OC. The minimum absolute atomic E-state index is 0.0727. The summed E-state index contributed by atoms with van der Waals surface area (Å²) in [5.74, 6) is 0.770. The van der Waals surface area contributed by atoms with E-state index in [-0.39, 0.29) is 5.60 Å². The van der Waals surface area contributed by atoms with Gasteiger partial charge in [-0.25, -0.2) is 0 Å². The molecule has 0 radical (unpaired) electrons. The third kappa shape index (κ3) is 4.43. The third-order valence-corrected chi connectivity index (χ3v) is 3.13. The molecule has 0 heterocycles. The summed E-state index contributed by atoms with van der Waals surface area (Å²) in [6, 6.07) is 0.439. The van der Waals surface area contributed by atoms with Crippen molar-refractivity contribution in [3.63, 3.8) is 0 Å². The Hall–Kier alpha value is -0.0800. The molecule has 0 rings (SSSR count). The number of hydrogen-bond acceptors (Lipinski definition) is 2. The molecule has 0 aliphatic heterocycles. The van der Waals surface area contributed by atoms with Crippen LogP contribution < -0.4 is 5.32 Å². The van der Waals surface area contributed by atoms with Crippen molar-refractivity contribution >= 4 is 0 Å². The van der Waals surface area contributed by atoms with Crippen LogP contribution in [0.2, 0.25) is 0 Å². The Morgan fingerprint density at radius 3 is 2.29 bits per heavy atom. The molecule has 0 spiro atoms. The molecule has 0 saturated heterocycles. The molecule has 0 amide bonds. The van der Waals surface area contributed by atoms with Gasteiger partial charge in [-0.15, -0.1) is 0 Å². The van der Waals surface area contributed by atoms with E-state index in [1.165, 1.54) is 19.3 Å². The van der Waals surface area contributed by atoms with E-state index >= 15 is 0 Å². The molecule has 0 bridgehead atoms. The van der Waals surface area contributed by atoms with Crippen LogP contribution in [0.1, 0.15) is 47.0 Å². The fourth-order valence-corrected chi connectivity index (χ4v) is 1.90. The Balaban J connectivity index is 4.14. The smallest absolute Gasteiger partial charge is 0.0775 e. The van der Waals surface area contributed by atoms with Gasteiger partial charge in [0.25, 0.3) is 0 Å². The summed E-state index contributed by atoms with van der Waals surface area (Å²) in [5.41, 5.74) is -0.0727. The van der Waals surface area contributed by atoms with Crippen LogP contribution >= 0.6 is 0 Å². The molecule has 86 valence electrons. The predicted octanol–water partition coefficient (Wildman–Crippen LogP) is 2.83. The molecule has 2 heteroatoms. The normalized spacial score (nSPS) is 16.7. The number of ether oxygens (including phenoxy) is 1. The minimum Gasteiger partial charge on any atom is -0.377 e. The molecule has 14 heavy (non-hydrogen) atoms. The fraction of sp³-hybridized carbons (Fsp3) is 1.00. The summed E-state index contributed by atoms with van der Waals surface area (Å²) in [7, 11) is 3.80. The van der Waals surface area contributed by atoms with Crippen LogP contribution in [0.5, 0.6) is 0 Å². The quantitative estimate of drug-likeness (QED) is 0.684. The average molecular weight is 201 g/mol. The Morgan fingerprint density at radius 1 is 1.36 bits per heavy atom. The number of hydrogen-bond donors (Lipinski definition) is 1. The first-order chi connectivity index (χ1) is 6.47. The van der Waals surface area contributed by atoms with E-state index in [9.17, 15) is 0 Å². The molecule has 1 N–H and O–H groups in total.